The minimum absolute atomic E-state index is 0.00245. The van der Waals surface area contributed by atoms with E-state index >= 15 is 0 Å². The maximum Gasteiger partial charge on any atom is 0.254 e. The number of halogens is 2. The van der Waals surface area contributed by atoms with Crippen LogP contribution in [0.4, 0.5) is 4.39 Å². The van der Waals surface area contributed by atoms with Crippen LogP contribution in [0.5, 0.6) is 0 Å². The van der Waals surface area contributed by atoms with Crippen LogP contribution in [0, 0.1) is 5.82 Å². The van der Waals surface area contributed by atoms with Gasteiger partial charge in [-0.15, -0.1) is 6.58 Å². The fraction of sp³-hybridized carbons (Fsp3) is 0.273. The molecule has 0 saturated carbocycles. The van der Waals surface area contributed by atoms with Gasteiger partial charge in [-0.05, 0) is 6.07 Å². The van der Waals surface area contributed by atoms with E-state index in [1.807, 2.05) is 0 Å². The number of nitrogens with one attached hydrogen (secondary N) is 1. The summed E-state index contributed by atoms with van der Waals surface area (Å²) in [4.78, 5) is 15.2. The van der Waals surface area contributed by atoms with Gasteiger partial charge in [-0.3, -0.25) is 4.79 Å². The summed E-state index contributed by atoms with van der Waals surface area (Å²) in [5, 5.41) is 2.64. The second kappa shape index (κ2) is 7.29. The van der Waals surface area contributed by atoms with Crippen molar-refractivity contribution in [3.63, 3.8) is 0 Å². The largest absolute Gasteiger partial charge is 0.351 e. The van der Waals surface area contributed by atoms with Gasteiger partial charge in [-0.25, -0.2) is 9.37 Å². The third-order valence-corrected chi connectivity index (χ3v) is 3.08. The Hall–Kier alpha value is -1.07. The maximum atomic E-state index is 12.9. The molecular weight excluding hydrogens is 263 g/mol. The molecule has 1 rings (SSSR count). The van der Waals surface area contributed by atoms with E-state index in [2.05, 4.69) is 16.9 Å². The summed E-state index contributed by atoms with van der Waals surface area (Å²) in [5.74, 6) is 0.595. The summed E-state index contributed by atoms with van der Waals surface area (Å²) >= 11 is 7.34. The molecular formula is C11H12ClFN2OS. The summed E-state index contributed by atoms with van der Waals surface area (Å²) < 4.78 is 12.9. The van der Waals surface area contributed by atoms with Crippen molar-refractivity contribution in [3.05, 3.63) is 41.5 Å². The predicted molar refractivity (Wildman–Crippen MR) is 69.1 cm³/mol. The van der Waals surface area contributed by atoms with Gasteiger partial charge in [0.05, 0.1) is 11.8 Å². The molecule has 0 radical (unpaired) electrons. The quantitative estimate of drug-likeness (QED) is 0.492. The molecule has 6 heteroatoms. The SMILES string of the molecule is C=CCSCCNC(=O)c1cc(F)cnc1Cl. The molecule has 0 aliphatic heterocycles. The van der Waals surface area contributed by atoms with Gasteiger partial charge in [-0.1, -0.05) is 17.7 Å². The number of rotatable bonds is 6. The van der Waals surface area contributed by atoms with E-state index in [1.54, 1.807) is 17.8 Å². The molecule has 0 atom stereocenters. The molecule has 0 fully saturated rings. The summed E-state index contributed by atoms with van der Waals surface area (Å²) in [5.41, 5.74) is 0.0559. The molecule has 0 unspecified atom stereocenters. The number of hydrogen-bond acceptors (Lipinski definition) is 3. The van der Waals surface area contributed by atoms with Crippen LogP contribution in [0.15, 0.2) is 24.9 Å². The number of pyridine rings is 1. The van der Waals surface area contributed by atoms with Gasteiger partial charge >= 0.3 is 0 Å². The highest BCUT2D eigenvalue weighted by atomic mass is 35.5. The lowest BCUT2D eigenvalue weighted by atomic mass is 10.2. The van der Waals surface area contributed by atoms with Gasteiger partial charge in [0, 0.05) is 18.1 Å². The van der Waals surface area contributed by atoms with Crippen molar-refractivity contribution >= 4 is 29.3 Å². The molecule has 17 heavy (non-hydrogen) atoms. The van der Waals surface area contributed by atoms with Crippen molar-refractivity contribution in [1.82, 2.24) is 10.3 Å². The fourth-order valence-electron chi connectivity index (χ4n) is 1.08. The molecule has 1 aromatic rings. The molecule has 1 aromatic heterocycles. The van der Waals surface area contributed by atoms with Crippen LogP contribution in [0.3, 0.4) is 0 Å². The highest BCUT2D eigenvalue weighted by Gasteiger charge is 2.11. The average molecular weight is 275 g/mol. The molecule has 1 N–H and O–H groups in total. The van der Waals surface area contributed by atoms with Gasteiger partial charge in [0.1, 0.15) is 11.0 Å². The van der Waals surface area contributed by atoms with Crippen LogP contribution >= 0.6 is 23.4 Å². The third-order valence-electron chi connectivity index (χ3n) is 1.82. The Kier molecular flexibility index (Phi) is 6.00. The van der Waals surface area contributed by atoms with Crippen LogP contribution in [-0.4, -0.2) is 28.9 Å². The van der Waals surface area contributed by atoms with Crippen molar-refractivity contribution in [2.75, 3.05) is 18.1 Å². The number of carbonyl (C=O) groups is 1. The van der Waals surface area contributed by atoms with Gasteiger partial charge in [0.2, 0.25) is 0 Å². The normalized spacial score (nSPS) is 10.0. The maximum absolute atomic E-state index is 12.9. The lowest BCUT2D eigenvalue weighted by Gasteiger charge is -2.05. The van der Waals surface area contributed by atoms with Gasteiger partial charge in [0.25, 0.3) is 5.91 Å². The molecule has 0 spiro atoms. The van der Waals surface area contributed by atoms with E-state index in [9.17, 15) is 9.18 Å². The first-order valence-corrected chi connectivity index (χ1v) is 6.46. The Labute approximate surface area is 108 Å². The number of thioether (sulfide) groups is 1. The van der Waals surface area contributed by atoms with E-state index < -0.39 is 11.7 Å². The second-order valence-electron chi connectivity index (χ2n) is 3.11. The topological polar surface area (TPSA) is 42.0 Å². The van der Waals surface area contributed by atoms with E-state index in [0.29, 0.717) is 6.54 Å². The molecule has 1 amide bonds. The van der Waals surface area contributed by atoms with E-state index in [0.717, 1.165) is 23.8 Å². The smallest absolute Gasteiger partial charge is 0.254 e. The van der Waals surface area contributed by atoms with Crippen LogP contribution in [-0.2, 0) is 0 Å². The molecule has 0 saturated heterocycles. The molecule has 0 aliphatic carbocycles. The Morgan fingerprint density at radius 2 is 2.47 bits per heavy atom. The highest BCUT2D eigenvalue weighted by molar-refractivity contribution is 7.99. The number of nitrogens with zero attached hydrogens (tertiary/aromatic N) is 1. The summed E-state index contributed by atoms with van der Waals surface area (Å²) in [6.45, 7) is 4.08. The number of amides is 1. The van der Waals surface area contributed by atoms with Gasteiger partial charge < -0.3 is 5.32 Å². The lowest BCUT2D eigenvalue weighted by Crippen LogP contribution is -2.26. The van der Waals surface area contributed by atoms with Crippen molar-refractivity contribution < 1.29 is 9.18 Å². The zero-order chi connectivity index (χ0) is 12.7. The minimum atomic E-state index is -0.583. The molecule has 0 aromatic carbocycles. The van der Waals surface area contributed by atoms with E-state index in [4.69, 9.17) is 11.6 Å². The lowest BCUT2D eigenvalue weighted by molar-refractivity contribution is 0.0955. The van der Waals surface area contributed by atoms with Gasteiger partial charge in [0.15, 0.2) is 0 Å². The molecule has 0 bridgehead atoms. The Bertz CT molecular complexity index is 414. The van der Waals surface area contributed by atoms with E-state index in [1.165, 1.54) is 0 Å². The first-order chi connectivity index (χ1) is 8.15. The Morgan fingerprint density at radius 3 is 3.18 bits per heavy atom. The van der Waals surface area contributed by atoms with Crippen molar-refractivity contribution in [2.45, 2.75) is 0 Å². The van der Waals surface area contributed by atoms with Crippen LogP contribution < -0.4 is 5.32 Å². The Morgan fingerprint density at radius 1 is 1.71 bits per heavy atom. The molecule has 0 aliphatic rings. The van der Waals surface area contributed by atoms with Crippen molar-refractivity contribution in [3.8, 4) is 0 Å². The van der Waals surface area contributed by atoms with Gasteiger partial charge in [-0.2, -0.15) is 11.8 Å². The minimum Gasteiger partial charge on any atom is -0.351 e. The number of hydrogen-bond donors (Lipinski definition) is 1. The standard InChI is InChI=1S/C11H12ClFN2OS/c1-2-4-17-5-3-14-11(16)9-6-8(13)7-15-10(9)12/h2,6-7H,1,3-5H2,(H,14,16). The summed E-state index contributed by atoms with van der Waals surface area (Å²) in [6.07, 6.45) is 2.76. The summed E-state index contributed by atoms with van der Waals surface area (Å²) in [7, 11) is 0. The fourth-order valence-corrected chi connectivity index (χ4v) is 1.85. The second-order valence-corrected chi connectivity index (χ2v) is 4.62. The van der Waals surface area contributed by atoms with Crippen LogP contribution in [0.25, 0.3) is 0 Å². The van der Waals surface area contributed by atoms with Crippen molar-refractivity contribution in [1.29, 1.82) is 0 Å². The third kappa shape index (κ3) is 4.75. The zero-order valence-corrected chi connectivity index (χ0v) is 10.7. The van der Waals surface area contributed by atoms with Crippen molar-refractivity contribution in [2.24, 2.45) is 0 Å². The predicted octanol–water partition coefficient (Wildman–Crippen LogP) is 2.52. The molecule has 3 nitrogen and oxygen atoms in total. The average Bonchev–Trinajstić information content (AvgIpc) is 2.32. The summed E-state index contributed by atoms with van der Waals surface area (Å²) in [6, 6.07) is 1.07. The first-order valence-electron chi connectivity index (χ1n) is 4.93. The zero-order valence-electron chi connectivity index (χ0n) is 9.08. The number of carbonyl (C=O) groups excluding carboxylic acids is 1. The monoisotopic (exact) mass is 274 g/mol. The Balaban J connectivity index is 2.46. The van der Waals surface area contributed by atoms with Crippen LogP contribution in [0.2, 0.25) is 5.15 Å². The molecule has 92 valence electrons. The van der Waals surface area contributed by atoms with E-state index in [-0.39, 0.29) is 10.7 Å². The van der Waals surface area contributed by atoms with Crippen LogP contribution in [0.1, 0.15) is 10.4 Å². The first kappa shape index (κ1) is 14.0. The molecule has 1 heterocycles. The highest BCUT2D eigenvalue weighted by Crippen LogP contribution is 2.13. The number of aromatic nitrogens is 1.